The van der Waals surface area contributed by atoms with Gasteiger partial charge in [0.2, 0.25) is 0 Å². The van der Waals surface area contributed by atoms with Crippen LogP contribution >= 0.6 is 11.8 Å². The van der Waals surface area contributed by atoms with Gasteiger partial charge in [-0.25, -0.2) is 4.79 Å². The zero-order valence-corrected chi connectivity index (χ0v) is 40.0. The van der Waals surface area contributed by atoms with E-state index in [-0.39, 0.29) is 24.3 Å². The van der Waals surface area contributed by atoms with Crippen LogP contribution in [0.15, 0.2) is 48.1 Å². The largest absolute Gasteiger partial charge is 0.490 e. The third-order valence-corrected chi connectivity index (χ3v) is 14.0. The van der Waals surface area contributed by atoms with Gasteiger partial charge in [-0.05, 0) is 155 Å². The molecular weight excluding hydrogens is 743 g/mol. The van der Waals surface area contributed by atoms with Crippen LogP contribution in [0.2, 0.25) is 0 Å². The van der Waals surface area contributed by atoms with Gasteiger partial charge >= 0.3 is 12.1 Å². The molecule has 1 amide bonds. The highest BCUT2D eigenvalue weighted by molar-refractivity contribution is 7.97. The summed E-state index contributed by atoms with van der Waals surface area (Å²) in [5.74, 6) is 5.98. The van der Waals surface area contributed by atoms with Crippen LogP contribution in [0.25, 0.3) is 0 Å². The van der Waals surface area contributed by atoms with E-state index in [1.165, 1.54) is 45.4 Å². The summed E-state index contributed by atoms with van der Waals surface area (Å²) in [6.45, 7) is 26.2. The third-order valence-electron chi connectivity index (χ3n) is 14.0. The first kappa shape index (κ1) is 51.7. The van der Waals surface area contributed by atoms with Crippen LogP contribution < -0.4 is 10.1 Å². The molecular formula is C50H85NO6S. The first-order valence-corrected chi connectivity index (χ1v) is 24.4. The molecule has 1 aromatic carbocycles. The van der Waals surface area contributed by atoms with E-state index >= 15 is 0 Å². The van der Waals surface area contributed by atoms with Crippen molar-refractivity contribution in [2.24, 2.45) is 52.3 Å². The predicted octanol–water partition coefficient (Wildman–Crippen LogP) is 13.6. The van der Waals surface area contributed by atoms with E-state index < -0.39 is 6.09 Å². The number of aliphatic hydroxyl groups excluding tert-OH is 1. The van der Waals surface area contributed by atoms with Crippen LogP contribution in [0.4, 0.5) is 10.5 Å². The highest BCUT2D eigenvalue weighted by Crippen LogP contribution is 2.67. The van der Waals surface area contributed by atoms with E-state index in [4.69, 9.17) is 19.3 Å². The average Bonchev–Trinajstić information content (AvgIpc) is 3.54. The maximum absolute atomic E-state index is 12.2. The standard InChI is InChI=1S/C39H59NO3.C6H12O2.C3H8O.C2H6S/c1-9-28(6)42-37(41)40-30-11-10-12-31(24-30)43-32-19-21-38(7)29(23-32)15-16-33-35-18-17-34(39(35,8)22-20-36(33)38)27(5)14-13-26(4)25(2)3;1-4-5(2)8-6(3)7;1-2-3-4;1-3-2/h10-15,24-28,32-36H,9,16-23H2,1-8H3,(H,40,41);5H,4H2,1-3H3;4H,2-3H2,1H3;1-2H3. The van der Waals surface area contributed by atoms with Crippen molar-refractivity contribution in [3.8, 4) is 5.75 Å². The minimum absolute atomic E-state index is 0.0764. The number of thioether (sulfide) groups is 1. The molecule has 4 aliphatic carbocycles. The number of rotatable bonds is 12. The smallest absolute Gasteiger partial charge is 0.411 e. The fraction of sp³-hybridized carbons (Fsp3) is 0.760. The van der Waals surface area contributed by atoms with E-state index in [1.807, 2.05) is 71.4 Å². The lowest BCUT2D eigenvalue weighted by molar-refractivity contribution is -0.145. The monoisotopic (exact) mass is 828 g/mol. The SMILES string of the molecule is CCC(C)OC(=O)Nc1cccc(OC2CCC3(C)C(=CCC4C3CCC3(C)C(C(C)C=CC(C)C(C)C)CCC43)C2)c1.CCC(C)OC(C)=O.CCCO.CSC. The molecule has 3 fully saturated rings. The first-order valence-electron chi connectivity index (χ1n) is 22.7. The van der Waals surface area contributed by atoms with Gasteiger partial charge in [0.05, 0.1) is 6.10 Å². The van der Waals surface area contributed by atoms with Crippen molar-refractivity contribution in [1.29, 1.82) is 0 Å². The summed E-state index contributed by atoms with van der Waals surface area (Å²) in [5, 5.41) is 10.7. The Labute approximate surface area is 359 Å². The van der Waals surface area contributed by atoms with Crippen molar-refractivity contribution in [3.63, 3.8) is 0 Å². The third kappa shape index (κ3) is 14.9. The number of benzene rings is 1. The van der Waals surface area contributed by atoms with Gasteiger partial charge in [-0.2, -0.15) is 11.8 Å². The number of aliphatic hydroxyl groups is 1. The van der Waals surface area contributed by atoms with Crippen LogP contribution in [-0.2, 0) is 14.3 Å². The van der Waals surface area contributed by atoms with Gasteiger partial charge < -0.3 is 19.3 Å². The second kappa shape index (κ2) is 25.4. The molecule has 0 spiro atoms. The van der Waals surface area contributed by atoms with Crippen LogP contribution in [0, 0.1) is 52.3 Å². The molecule has 0 aromatic heterocycles. The van der Waals surface area contributed by atoms with Gasteiger partial charge in [-0.15, -0.1) is 0 Å². The lowest BCUT2D eigenvalue weighted by Gasteiger charge is -2.58. The van der Waals surface area contributed by atoms with Gasteiger partial charge in [0.25, 0.3) is 0 Å². The van der Waals surface area contributed by atoms with Crippen molar-refractivity contribution < 1.29 is 28.9 Å². The highest BCUT2D eigenvalue weighted by atomic mass is 32.2. The van der Waals surface area contributed by atoms with E-state index in [0.29, 0.717) is 40.9 Å². The van der Waals surface area contributed by atoms with Crippen LogP contribution in [0.5, 0.6) is 5.75 Å². The summed E-state index contributed by atoms with van der Waals surface area (Å²) in [5.41, 5.74) is 3.15. The summed E-state index contributed by atoms with van der Waals surface area (Å²) >= 11 is 1.75. The van der Waals surface area contributed by atoms with Crippen molar-refractivity contribution in [3.05, 3.63) is 48.1 Å². The van der Waals surface area contributed by atoms with Crippen LogP contribution in [-0.4, -0.2) is 54.6 Å². The molecule has 0 radical (unpaired) electrons. The molecule has 4 aliphatic rings. The lowest BCUT2D eigenvalue weighted by Crippen LogP contribution is -2.51. The van der Waals surface area contributed by atoms with E-state index in [2.05, 4.69) is 65.1 Å². The van der Waals surface area contributed by atoms with Gasteiger partial charge in [0.1, 0.15) is 18.0 Å². The van der Waals surface area contributed by atoms with Crippen LogP contribution in [0.3, 0.4) is 0 Å². The summed E-state index contributed by atoms with van der Waals surface area (Å²) in [4.78, 5) is 22.4. The minimum Gasteiger partial charge on any atom is -0.490 e. The maximum Gasteiger partial charge on any atom is 0.411 e. The Bertz CT molecular complexity index is 1430. The molecule has 3 saturated carbocycles. The Morgan fingerprint density at radius 3 is 2.12 bits per heavy atom. The number of amides is 1. The lowest BCUT2D eigenvalue weighted by atomic mass is 9.47. The normalized spacial score (nSPS) is 29.1. The number of fused-ring (bicyclic) bond motifs is 5. The quantitative estimate of drug-likeness (QED) is 0.160. The Morgan fingerprint density at radius 2 is 1.55 bits per heavy atom. The molecule has 0 heterocycles. The Hall–Kier alpha value is -2.45. The molecule has 58 heavy (non-hydrogen) atoms. The number of allylic oxidation sites excluding steroid dienone is 3. The predicted molar refractivity (Wildman–Crippen MR) is 247 cm³/mol. The number of nitrogens with one attached hydrogen (secondary N) is 1. The molecule has 0 bridgehead atoms. The summed E-state index contributed by atoms with van der Waals surface area (Å²) in [6.07, 6.45) is 24.3. The zero-order valence-electron chi connectivity index (χ0n) is 39.2. The Kier molecular flexibility index (Phi) is 22.6. The fourth-order valence-electron chi connectivity index (χ4n) is 9.96. The minimum atomic E-state index is -0.411. The number of esters is 1. The van der Waals surface area contributed by atoms with Crippen molar-refractivity contribution >= 4 is 29.5 Å². The van der Waals surface area contributed by atoms with Crippen LogP contribution in [0.1, 0.15) is 154 Å². The number of hydrogen-bond donors (Lipinski definition) is 2. The van der Waals surface area contributed by atoms with E-state index in [1.54, 1.807) is 17.3 Å². The molecule has 8 heteroatoms. The molecule has 11 atom stereocenters. The maximum atomic E-state index is 12.2. The van der Waals surface area contributed by atoms with E-state index in [9.17, 15) is 9.59 Å². The highest BCUT2D eigenvalue weighted by Gasteiger charge is 2.59. The number of hydrogen-bond acceptors (Lipinski definition) is 7. The zero-order chi connectivity index (χ0) is 43.6. The Balaban J connectivity index is 0.000000662. The van der Waals surface area contributed by atoms with Gasteiger partial charge in [0, 0.05) is 31.7 Å². The second-order valence-corrected chi connectivity index (χ2v) is 19.4. The fourth-order valence-corrected chi connectivity index (χ4v) is 9.96. The topological polar surface area (TPSA) is 94.1 Å². The molecule has 1 aromatic rings. The molecule has 332 valence electrons. The summed E-state index contributed by atoms with van der Waals surface area (Å²) in [7, 11) is 0. The number of ether oxygens (including phenoxy) is 3. The first-order chi connectivity index (χ1) is 27.4. The van der Waals surface area contributed by atoms with Crippen molar-refractivity contribution in [1.82, 2.24) is 0 Å². The summed E-state index contributed by atoms with van der Waals surface area (Å²) in [6, 6.07) is 7.76. The van der Waals surface area contributed by atoms with E-state index in [0.717, 1.165) is 61.5 Å². The number of anilines is 1. The van der Waals surface area contributed by atoms with Gasteiger partial charge in [-0.3, -0.25) is 10.1 Å². The van der Waals surface area contributed by atoms with Crippen molar-refractivity contribution in [2.75, 3.05) is 24.4 Å². The average molecular weight is 828 g/mol. The molecule has 11 unspecified atom stereocenters. The number of carbonyl (C=O) groups excluding carboxylic acids is 2. The second-order valence-electron chi connectivity index (χ2n) is 18.6. The molecule has 5 rings (SSSR count). The molecule has 7 nitrogen and oxygen atoms in total. The summed E-state index contributed by atoms with van der Waals surface area (Å²) < 4.78 is 16.7. The van der Waals surface area contributed by atoms with Crippen molar-refractivity contribution in [2.45, 2.75) is 172 Å². The molecule has 0 aliphatic heterocycles. The van der Waals surface area contributed by atoms with Gasteiger partial charge in [-0.1, -0.05) is 92.2 Å². The molecule has 2 N–H and O–H groups in total. The van der Waals surface area contributed by atoms with Gasteiger partial charge in [0.15, 0.2) is 0 Å². The number of carbonyl (C=O) groups is 2. The Morgan fingerprint density at radius 1 is 0.914 bits per heavy atom. The molecule has 0 saturated heterocycles.